The van der Waals surface area contributed by atoms with Crippen LogP contribution in [-0.2, 0) is 30.9 Å². The maximum absolute atomic E-state index is 12.7. The molecule has 0 aliphatic heterocycles. The third-order valence-electron chi connectivity index (χ3n) is 3.90. The maximum Gasteiger partial charge on any atom is 0.307 e. The van der Waals surface area contributed by atoms with Crippen molar-refractivity contribution in [2.24, 2.45) is 0 Å². The first-order chi connectivity index (χ1) is 12.8. The minimum Gasteiger partial charge on any atom is -0.469 e. The number of sulfonamides is 1. The van der Waals surface area contributed by atoms with E-state index in [9.17, 15) is 18.0 Å². The molecule has 1 aromatic carbocycles. The highest BCUT2D eigenvalue weighted by Crippen LogP contribution is 2.20. The van der Waals surface area contributed by atoms with Gasteiger partial charge in [-0.05, 0) is 17.0 Å². The van der Waals surface area contributed by atoms with E-state index in [-0.39, 0.29) is 36.2 Å². The van der Waals surface area contributed by atoms with Crippen LogP contribution in [0.2, 0.25) is 0 Å². The lowest BCUT2D eigenvalue weighted by Crippen LogP contribution is -2.41. The van der Waals surface area contributed by atoms with Crippen LogP contribution in [0.5, 0.6) is 0 Å². The van der Waals surface area contributed by atoms with Crippen LogP contribution in [0.1, 0.15) is 12.0 Å². The summed E-state index contributed by atoms with van der Waals surface area (Å²) in [5, 5.41) is 1.67. The largest absolute Gasteiger partial charge is 0.469 e. The van der Waals surface area contributed by atoms with E-state index in [2.05, 4.69) is 4.74 Å². The Labute approximate surface area is 163 Å². The van der Waals surface area contributed by atoms with Gasteiger partial charge in [-0.15, -0.1) is 11.3 Å². The van der Waals surface area contributed by atoms with Crippen LogP contribution in [0.25, 0.3) is 0 Å². The minimum absolute atomic E-state index is 0.0382. The summed E-state index contributed by atoms with van der Waals surface area (Å²) < 4.78 is 30.9. The van der Waals surface area contributed by atoms with E-state index >= 15 is 0 Å². The first-order valence-corrected chi connectivity index (χ1v) is 10.5. The molecule has 0 saturated heterocycles. The van der Waals surface area contributed by atoms with E-state index in [1.54, 1.807) is 11.4 Å². The highest BCUT2D eigenvalue weighted by atomic mass is 32.2. The van der Waals surface area contributed by atoms with Crippen molar-refractivity contribution in [1.82, 2.24) is 9.21 Å². The Morgan fingerprint density at radius 3 is 2.41 bits per heavy atom. The summed E-state index contributed by atoms with van der Waals surface area (Å²) in [5.74, 6) is -0.814. The molecule has 7 nitrogen and oxygen atoms in total. The highest BCUT2D eigenvalue weighted by Gasteiger charge is 2.26. The number of esters is 1. The van der Waals surface area contributed by atoms with Gasteiger partial charge in [0.15, 0.2) is 0 Å². The smallest absolute Gasteiger partial charge is 0.307 e. The molecule has 1 heterocycles. The fraction of sp³-hybridized carbons (Fsp3) is 0.333. The predicted octanol–water partition coefficient (Wildman–Crippen LogP) is 1.96. The average molecular weight is 411 g/mol. The van der Waals surface area contributed by atoms with Crippen molar-refractivity contribution in [1.29, 1.82) is 0 Å². The van der Waals surface area contributed by atoms with Gasteiger partial charge >= 0.3 is 5.97 Å². The van der Waals surface area contributed by atoms with Crippen molar-refractivity contribution in [3.05, 3.63) is 53.4 Å². The van der Waals surface area contributed by atoms with Gasteiger partial charge in [-0.2, -0.15) is 4.31 Å². The van der Waals surface area contributed by atoms with E-state index in [4.69, 9.17) is 0 Å². The van der Waals surface area contributed by atoms with Crippen molar-refractivity contribution in [2.75, 3.05) is 27.2 Å². The number of likely N-dealkylation sites (N-methyl/N-ethyl adjacent to an activating group) is 1. The summed E-state index contributed by atoms with van der Waals surface area (Å²) in [6.07, 6.45) is 0.0382. The Morgan fingerprint density at radius 2 is 1.81 bits per heavy atom. The van der Waals surface area contributed by atoms with Crippen molar-refractivity contribution < 1.29 is 22.7 Å². The number of ether oxygens (including phenoxy) is 1. The Kier molecular flexibility index (Phi) is 7.52. The number of rotatable bonds is 9. The average Bonchev–Trinajstić information content (AvgIpc) is 3.21. The van der Waals surface area contributed by atoms with Gasteiger partial charge in [0, 0.05) is 20.1 Å². The number of methoxy groups -OCH3 is 1. The van der Waals surface area contributed by atoms with Gasteiger partial charge in [-0.1, -0.05) is 36.4 Å². The van der Waals surface area contributed by atoms with Crippen LogP contribution in [0.3, 0.4) is 0 Å². The van der Waals surface area contributed by atoms with Gasteiger partial charge in [0.05, 0.1) is 20.1 Å². The van der Waals surface area contributed by atoms with Gasteiger partial charge in [0.2, 0.25) is 5.91 Å². The van der Waals surface area contributed by atoms with Gasteiger partial charge < -0.3 is 9.64 Å². The molecule has 0 spiro atoms. The molecule has 0 unspecified atom stereocenters. The first-order valence-electron chi connectivity index (χ1n) is 8.23. The van der Waals surface area contributed by atoms with E-state index in [0.717, 1.165) is 21.2 Å². The molecule has 0 aliphatic carbocycles. The normalized spacial score (nSPS) is 11.4. The van der Waals surface area contributed by atoms with Crippen molar-refractivity contribution in [2.45, 2.75) is 17.2 Å². The van der Waals surface area contributed by atoms with Gasteiger partial charge in [-0.3, -0.25) is 9.59 Å². The summed E-state index contributed by atoms with van der Waals surface area (Å²) in [6.45, 7) is 0.116. The monoisotopic (exact) mass is 410 g/mol. The number of nitrogens with zero attached hydrogens (tertiary/aromatic N) is 2. The second-order valence-corrected chi connectivity index (χ2v) is 9.04. The van der Waals surface area contributed by atoms with Crippen molar-refractivity contribution >= 4 is 33.2 Å². The number of carbonyl (C=O) groups excluding carboxylic acids is 2. The number of hydrogen-bond acceptors (Lipinski definition) is 6. The highest BCUT2D eigenvalue weighted by molar-refractivity contribution is 7.91. The zero-order valence-corrected chi connectivity index (χ0v) is 16.8. The molecular formula is C18H22N2O5S2. The molecule has 0 fully saturated rings. The number of carbonyl (C=O) groups is 2. The lowest BCUT2D eigenvalue weighted by molar-refractivity contribution is -0.142. The second-order valence-electron chi connectivity index (χ2n) is 5.82. The molecule has 9 heteroatoms. The van der Waals surface area contributed by atoms with Gasteiger partial charge in [0.25, 0.3) is 10.0 Å². The van der Waals surface area contributed by atoms with E-state index < -0.39 is 16.0 Å². The zero-order valence-electron chi connectivity index (χ0n) is 15.2. The number of thiophene rings is 1. The maximum atomic E-state index is 12.7. The molecule has 1 aromatic heterocycles. The summed E-state index contributed by atoms with van der Waals surface area (Å²) >= 11 is 1.10. The molecule has 0 radical (unpaired) electrons. The first kappa shape index (κ1) is 21.1. The Morgan fingerprint density at radius 1 is 1.11 bits per heavy atom. The van der Waals surface area contributed by atoms with E-state index in [0.29, 0.717) is 0 Å². The topological polar surface area (TPSA) is 84.0 Å². The predicted molar refractivity (Wildman–Crippen MR) is 103 cm³/mol. The molecule has 0 N–H and O–H groups in total. The molecule has 2 rings (SSSR count). The minimum atomic E-state index is -3.72. The summed E-state index contributed by atoms with van der Waals surface area (Å²) in [6, 6.07) is 12.4. The van der Waals surface area contributed by atoms with Gasteiger partial charge in [-0.25, -0.2) is 8.42 Å². The lowest BCUT2D eigenvalue weighted by Gasteiger charge is -2.25. The SMILES string of the molecule is COC(=O)CCN(Cc1ccccc1)C(=O)CN(C)S(=O)(=O)c1cccs1. The summed E-state index contributed by atoms with van der Waals surface area (Å²) in [5.41, 5.74) is 0.888. The lowest BCUT2D eigenvalue weighted by atomic mass is 10.2. The third kappa shape index (κ3) is 5.88. The molecule has 1 amide bonds. The van der Waals surface area contributed by atoms with Crippen LogP contribution in [0, 0.1) is 0 Å². The van der Waals surface area contributed by atoms with Crippen LogP contribution in [0.15, 0.2) is 52.1 Å². The number of benzene rings is 1. The third-order valence-corrected chi connectivity index (χ3v) is 7.08. The van der Waals surface area contributed by atoms with Crippen LogP contribution in [0.4, 0.5) is 0 Å². The number of hydrogen-bond donors (Lipinski definition) is 0. The second kappa shape index (κ2) is 9.63. The zero-order chi connectivity index (χ0) is 19.9. The quantitative estimate of drug-likeness (QED) is 0.590. The molecule has 0 atom stereocenters. The molecule has 2 aromatic rings. The fourth-order valence-electron chi connectivity index (χ4n) is 2.36. The standard InChI is InChI=1S/C18H22N2O5S2/c1-19(27(23,24)18-9-6-12-26-18)14-16(21)20(11-10-17(22)25-2)13-15-7-4-3-5-8-15/h3-9,12H,10-11,13-14H2,1-2H3. The molecular weight excluding hydrogens is 388 g/mol. The van der Waals surface area contributed by atoms with Crippen LogP contribution >= 0.6 is 11.3 Å². The van der Waals surface area contributed by atoms with E-state index in [1.807, 2.05) is 30.3 Å². The Balaban J connectivity index is 2.11. The molecule has 0 saturated carbocycles. The molecule has 27 heavy (non-hydrogen) atoms. The fourth-order valence-corrected chi connectivity index (χ4v) is 4.68. The summed E-state index contributed by atoms with van der Waals surface area (Å²) in [7, 11) is -1.07. The van der Waals surface area contributed by atoms with Gasteiger partial charge in [0.1, 0.15) is 4.21 Å². The molecule has 146 valence electrons. The van der Waals surface area contributed by atoms with E-state index in [1.165, 1.54) is 25.1 Å². The summed E-state index contributed by atoms with van der Waals surface area (Å²) in [4.78, 5) is 25.7. The van der Waals surface area contributed by atoms with Crippen LogP contribution in [-0.4, -0.2) is 56.7 Å². The molecule has 0 bridgehead atoms. The Bertz CT molecular complexity index is 851. The van der Waals surface area contributed by atoms with Crippen molar-refractivity contribution in [3.8, 4) is 0 Å². The molecule has 0 aliphatic rings. The Hall–Kier alpha value is -2.23. The number of amides is 1. The van der Waals surface area contributed by atoms with Crippen LogP contribution < -0.4 is 0 Å². The van der Waals surface area contributed by atoms with Crippen molar-refractivity contribution in [3.63, 3.8) is 0 Å².